The van der Waals surface area contributed by atoms with Gasteiger partial charge < -0.3 is 10.1 Å². The van der Waals surface area contributed by atoms with Crippen molar-refractivity contribution in [1.82, 2.24) is 20.0 Å². The van der Waals surface area contributed by atoms with Gasteiger partial charge in [0.2, 0.25) is 0 Å². The number of carbonyl (C=O) groups is 1. The molecule has 144 valence electrons. The van der Waals surface area contributed by atoms with Gasteiger partial charge in [0, 0.05) is 18.3 Å². The minimum absolute atomic E-state index is 0.282. The molecule has 0 unspecified atom stereocenters. The van der Waals surface area contributed by atoms with E-state index < -0.39 is 6.03 Å². The first-order valence-electron chi connectivity index (χ1n) is 8.60. The summed E-state index contributed by atoms with van der Waals surface area (Å²) >= 11 is 0. The molecular formula is C19H21N7O2. The smallest absolute Gasteiger partial charge is 0.343 e. The summed E-state index contributed by atoms with van der Waals surface area (Å²) in [6, 6.07) is 10.8. The van der Waals surface area contributed by atoms with E-state index in [0.29, 0.717) is 5.69 Å². The minimum atomic E-state index is -0.492. The SMILES string of the molecule is Cc1cc(-n2nccn2)ccc1OCc1c(C)cccc1NC(=O)N(C)N=N. The zero-order chi connectivity index (χ0) is 20.1. The molecule has 3 rings (SSSR count). The number of benzene rings is 2. The quantitative estimate of drug-likeness (QED) is 0.500. The first kappa shape index (κ1) is 19.0. The summed E-state index contributed by atoms with van der Waals surface area (Å²) in [4.78, 5) is 13.6. The highest BCUT2D eigenvalue weighted by atomic mass is 16.5. The van der Waals surface area contributed by atoms with Crippen LogP contribution in [-0.2, 0) is 6.61 Å². The average molecular weight is 379 g/mol. The van der Waals surface area contributed by atoms with Gasteiger partial charge in [-0.15, -0.1) is 0 Å². The average Bonchev–Trinajstić information content (AvgIpc) is 3.22. The van der Waals surface area contributed by atoms with Gasteiger partial charge in [-0.1, -0.05) is 17.4 Å². The topological polar surface area (TPSA) is 108 Å². The number of aromatic nitrogens is 3. The van der Waals surface area contributed by atoms with Gasteiger partial charge in [0.05, 0.1) is 18.1 Å². The molecule has 2 N–H and O–H groups in total. The van der Waals surface area contributed by atoms with Crippen LogP contribution in [0.5, 0.6) is 5.75 Å². The van der Waals surface area contributed by atoms with Crippen molar-refractivity contribution < 1.29 is 9.53 Å². The summed E-state index contributed by atoms with van der Waals surface area (Å²) in [6.07, 6.45) is 3.25. The predicted molar refractivity (Wildman–Crippen MR) is 104 cm³/mol. The van der Waals surface area contributed by atoms with Crippen molar-refractivity contribution >= 4 is 11.7 Å². The zero-order valence-corrected chi connectivity index (χ0v) is 15.9. The molecule has 0 bridgehead atoms. The van der Waals surface area contributed by atoms with Crippen molar-refractivity contribution in [2.45, 2.75) is 20.5 Å². The van der Waals surface area contributed by atoms with Gasteiger partial charge >= 0.3 is 6.03 Å². The van der Waals surface area contributed by atoms with Gasteiger partial charge in [0.15, 0.2) is 0 Å². The normalized spacial score (nSPS) is 10.4. The van der Waals surface area contributed by atoms with E-state index in [1.54, 1.807) is 23.3 Å². The fourth-order valence-electron chi connectivity index (χ4n) is 2.67. The Labute approximate surface area is 162 Å². The zero-order valence-electron chi connectivity index (χ0n) is 15.9. The molecule has 3 aromatic rings. The van der Waals surface area contributed by atoms with Crippen LogP contribution >= 0.6 is 0 Å². The number of amides is 2. The van der Waals surface area contributed by atoms with E-state index in [4.69, 9.17) is 10.3 Å². The summed E-state index contributed by atoms with van der Waals surface area (Å²) in [6.45, 7) is 4.18. The molecule has 0 radical (unpaired) electrons. The third-order valence-electron chi connectivity index (χ3n) is 4.28. The van der Waals surface area contributed by atoms with Crippen molar-refractivity contribution in [2.75, 3.05) is 12.4 Å². The standard InChI is InChI=1S/C19H21N7O2/c1-13-5-4-6-17(23-19(27)25(3)24-20)16(13)12-28-18-8-7-15(11-14(18)2)26-21-9-10-22-26/h4-11,20H,12H2,1-3H3,(H,23,27). The van der Waals surface area contributed by atoms with E-state index in [-0.39, 0.29) is 6.61 Å². The van der Waals surface area contributed by atoms with Crippen LogP contribution in [-0.4, -0.2) is 33.1 Å². The van der Waals surface area contributed by atoms with Gasteiger partial charge in [-0.25, -0.2) is 4.79 Å². The van der Waals surface area contributed by atoms with Crippen molar-refractivity contribution in [3.63, 3.8) is 0 Å². The third-order valence-corrected chi connectivity index (χ3v) is 4.28. The molecule has 0 aliphatic heterocycles. The fraction of sp³-hybridized carbons (Fsp3) is 0.211. The van der Waals surface area contributed by atoms with Crippen LogP contribution in [0.2, 0.25) is 0 Å². The number of rotatable bonds is 6. The lowest BCUT2D eigenvalue weighted by Gasteiger charge is -2.17. The van der Waals surface area contributed by atoms with E-state index in [1.165, 1.54) is 7.05 Å². The van der Waals surface area contributed by atoms with Crippen LogP contribution in [0.3, 0.4) is 0 Å². The molecule has 0 spiro atoms. The van der Waals surface area contributed by atoms with Gasteiger partial charge in [-0.3, -0.25) is 0 Å². The number of ether oxygens (including phenoxy) is 1. The summed E-state index contributed by atoms with van der Waals surface area (Å²) in [5.74, 6) is 0.731. The maximum atomic E-state index is 12.0. The number of nitrogens with one attached hydrogen (secondary N) is 2. The molecule has 0 fully saturated rings. The molecule has 0 aliphatic carbocycles. The Hall–Kier alpha value is -3.75. The molecule has 1 aromatic heterocycles. The Balaban J connectivity index is 1.77. The maximum absolute atomic E-state index is 12.0. The van der Waals surface area contributed by atoms with Gasteiger partial charge in [-0.05, 0) is 49.2 Å². The third kappa shape index (κ3) is 4.14. The number of carbonyl (C=O) groups excluding carboxylic acids is 1. The number of hydrogen-bond acceptors (Lipinski definition) is 6. The van der Waals surface area contributed by atoms with Crippen LogP contribution in [0.15, 0.2) is 54.0 Å². The lowest BCUT2D eigenvalue weighted by atomic mass is 10.1. The maximum Gasteiger partial charge on any atom is 0.343 e. The molecule has 2 aromatic carbocycles. The van der Waals surface area contributed by atoms with Crippen molar-refractivity contribution in [1.29, 1.82) is 5.53 Å². The second-order valence-electron chi connectivity index (χ2n) is 6.21. The second kappa shape index (κ2) is 8.30. The Bertz CT molecular complexity index is 986. The summed E-state index contributed by atoms with van der Waals surface area (Å²) in [5, 5.41) is 15.0. The predicted octanol–water partition coefficient (Wildman–Crippen LogP) is 3.87. The first-order chi connectivity index (χ1) is 13.5. The van der Waals surface area contributed by atoms with Crippen molar-refractivity contribution in [2.24, 2.45) is 5.22 Å². The number of anilines is 1. The summed E-state index contributed by atoms with van der Waals surface area (Å²) in [7, 11) is 1.41. The van der Waals surface area contributed by atoms with Crippen LogP contribution < -0.4 is 10.1 Å². The largest absolute Gasteiger partial charge is 0.489 e. The first-order valence-corrected chi connectivity index (χ1v) is 8.60. The lowest BCUT2D eigenvalue weighted by molar-refractivity contribution is 0.220. The van der Waals surface area contributed by atoms with E-state index in [9.17, 15) is 4.79 Å². The molecule has 28 heavy (non-hydrogen) atoms. The molecule has 9 heteroatoms. The highest BCUT2D eigenvalue weighted by molar-refractivity contribution is 5.89. The van der Waals surface area contributed by atoms with Crippen molar-refractivity contribution in [3.05, 3.63) is 65.5 Å². The minimum Gasteiger partial charge on any atom is -0.489 e. The van der Waals surface area contributed by atoms with Crippen LogP contribution in [0, 0.1) is 19.4 Å². The molecule has 0 atom stereocenters. The van der Waals surface area contributed by atoms with Crippen LogP contribution in [0.25, 0.3) is 5.69 Å². The molecule has 2 amide bonds. The van der Waals surface area contributed by atoms with E-state index in [0.717, 1.165) is 33.1 Å². The van der Waals surface area contributed by atoms with Gasteiger partial charge in [-0.2, -0.15) is 25.5 Å². The van der Waals surface area contributed by atoms with Crippen molar-refractivity contribution in [3.8, 4) is 11.4 Å². The number of nitrogens with zero attached hydrogens (tertiary/aromatic N) is 5. The van der Waals surface area contributed by atoms with E-state index >= 15 is 0 Å². The second-order valence-corrected chi connectivity index (χ2v) is 6.21. The number of aryl methyl sites for hydroxylation is 2. The van der Waals surface area contributed by atoms with E-state index in [2.05, 4.69) is 20.7 Å². The molecule has 1 heterocycles. The summed E-state index contributed by atoms with van der Waals surface area (Å²) in [5.41, 5.74) is 11.2. The Morgan fingerprint density at radius 1 is 1.21 bits per heavy atom. The molecule has 0 saturated carbocycles. The van der Waals surface area contributed by atoms with E-state index in [1.807, 2.05) is 44.2 Å². The molecular weight excluding hydrogens is 358 g/mol. The highest BCUT2D eigenvalue weighted by Gasteiger charge is 2.13. The Kier molecular flexibility index (Phi) is 5.64. The number of urea groups is 1. The number of hydrogen-bond donors (Lipinski definition) is 2. The van der Waals surface area contributed by atoms with Crippen LogP contribution in [0.4, 0.5) is 10.5 Å². The summed E-state index contributed by atoms with van der Waals surface area (Å²) < 4.78 is 6.01. The van der Waals surface area contributed by atoms with Crippen LogP contribution in [0.1, 0.15) is 16.7 Å². The lowest BCUT2D eigenvalue weighted by Crippen LogP contribution is -2.27. The Morgan fingerprint density at radius 3 is 2.64 bits per heavy atom. The molecule has 0 saturated heterocycles. The Morgan fingerprint density at radius 2 is 1.96 bits per heavy atom. The molecule has 0 aliphatic rings. The van der Waals surface area contributed by atoms with Gasteiger partial charge in [0.25, 0.3) is 0 Å². The highest BCUT2D eigenvalue weighted by Crippen LogP contribution is 2.25. The molecule has 9 nitrogen and oxygen atoms in total. The van der Waals surface area contributed by atoms with Gasteiger partial charge in [0.1, 0.15) is 12.4 Å². The fourth-order valence-corrected chi connectivity index (χ4v) is 2.67. The monoisotopic (exact) mass is 379 g/mol.